The molecule has 0 aliphatic heterocycles. The zero-order valence-electron chi connectivity index (χ0n) is 13.4. The van der Waals surface area contributed by atoms with E-state index in [2.05, 4.69) is 10.1 Å². The Morgan fingerprint density at radius 2 is 2.08 bits per heavy atom. The largest absolute Gasteiger partial charge is 0.496 e. The summed E-state index contributed by atoms with van der Waals surface area (Å²) in [4.78, 5) is 4.09. The molecule has 2 N–H and O–H groups in total. The third-order valence-electron chi connectivity index (χ3n) is 3.53. The van der Waals surface area contributed by atoms with E-state index in [0.717, 1.165) is 16.8 Å². The van der Waals surface area contributed by atoms with Gasteiger partial charge in [-0.05, 0) is 42.3 Å². The van der Waals surface area contributed by atoms with E-state index >= 15 is 0 Å². The number of hydrogen-bond donors (Lipinski definition) is 1. The number of halogens is 1. The Labute approximate surface area is 139 Å². The molecule has 24 heavy (non-hydrogen) atoms. The van der Waals surface area contributed by atoms with Crippen molar-refractivity contribution in [2.24, 2.45) is 5.10 Å². The van der Waals surface area contributed by atoms with Crippen LogP contribution in [0.4, 0.5) is 10.3 Å². The normalized spacial score (nSPS) is 11.1. The van der Waals surface area contributed by atoms with Gasteiger partial charge in [0.15, 0.2) is 0 Å². The Bertz CT molecular complexity index is 902. The molecule has 3 rings (SSSR count). The number of methoxy groups -OCH3 is 1. The fourth-order valence-corrected chi connectivity index (χ4v) is 2.42. The average Bonchev–Trinajstić information content (AvgIpc) is 2.90. The number of nitrogens with zero attached hydrogens (tertiary/aromatic N) is 3. The molecule has 0 unspecified atom stereocenters. The molecule has 0 aliphatic carbocycles. The molecule has 0 fully saturated rings. The van der Waals surface area contributed by atoms with Crippen molar-refractivity contribution in [2.45, 2.75) is 6.92 Å². The molecule has 0 saturated heterocycles. The third kappa shape index (κ3) is 3.27. The van der Waals surface area contributed by atoms with Gasteiger partial charge in [-0.25, -0.2) is 14.1 Å². The molecule has 122 valence electrons. The minimum absolute atomic E-state index is 0.313. The van der Waals surface area contributed by atoms with Crippen LogP contribution in [0.2, 0.25) is 0 Å². The summed E-state index contributed by atoms with van der Waals surface area (Å²) in [5.41, 5.74) is 8.93. The van der Waals surface area contributed by atoms with Gasteiger partial charge in [0.05, 0.1) is 25.2 Å². The molecule has 0 aliphatic rings. The van der Waals surface area contributed by atoms with Crippen molar-refractivity contribution >= 4 is 12.2 Å². The molecular formula is C18H17FN4O. The summed E-state index contributed by atoms with van der Waals surface area (Å²) in [7, 11) is 1.56. The van der Waals surface area contributed by atoms with Crippen LogP contribution < -0.4 is 10.5 Å². The van der Waals surface area contributed by atoms with Gasteiger partial charge in [0.25, 0.3) is 0 Å². The molecule has 5 nitrogen and oxygen atoms in total. The topological polar surface area (TPSA) is 65.4 Å². The smallest absolute Gasteiger partial charge is 0.221 e. The third-order valence-corrected chi connectivity index (χ3v) is 3.53. The van der Waals surface area contributed by atoms with Crippen molar-refractivity contribution < 1.29 is 9.13 Å². The van der Waals surface area contributed by atoms with E-state index in [1.165, 1.54) is 16.8 Å². The first kappa shape index (κ1) is 15.7. The lowest BCUT2D eigenvalue weighted by molar-refractivity contribution is 0.415. The summed E-state index contributed by atoms with van der Waals surface area (Å²) in [5, 5.41) is 4.29. The van der Waals surface area contributed by atoms with Gasteiger partial charge in [-0.3, -0.25) is 0 Å². The summed E-state index contributed by atoms with van der Waals surface area (Å²) >= 11 is 0. The first-order valence-electron chi connectivity index (χ1n) is 7.36. The van der Waals surface area contributed by atoms with Crippen molar-refractivity contribution in [1.29, 1.82) is 0 Å². The minimum atomic E-state index is -0.313. The van der Waals surface area contributed by atoms with Crippen molar-refractivity contribution in [3.8, 4) is 16.9 Å². The first-order valence-corrected chi connectivity index (χ1v) is 7.36. The summed E-state index contributed by atoms with van der Waals surface area (Å²) in [6.07, 6.45) is 3.41. The number of hydrogen-bond acceptors (Lipinski definition) is 4. The van der Waals surface area contributed by atoms with Gasteiger partial charge in [-0.2, -0.15) is 5.10 Å². The van der Waals surface area contributed by atoms with Crippen LogP contribution in [0.1, 0.15) is 11.3 Å². The Hall–Kier alpha value is -3.15. The number of benzene rings is 2. The summed E-state index contributed by atoms with van der Waals surface area (Å²) < 4.78 is 20.4. The number of aromatic nitrogens is 2. The van der Waals surface area contributed by atoms with Crippen LogP contribution >= 0.6 is 0 Å². The molecule has 1 heterocycles. The van der Waals surface area contributed by atoms with E-state index in [1.54, 1.807) is 25.6 Å². The van der Waals surface area contributed by atoms with E-state index < -0.39 is 0 Å². The molecule has 0 radical (unpaired) electrons. The van der Waals surface area contributed by atoms with Crippen molar-refractivity contribution in [1.82, 2.24) is 9.66 Å². The first-order chi connectivity index (χ1) is 11.6. The second kappa shape index (κ2) is 6.54. The standard InChI is InChI=1S/C18H17FN4O/c1-12-11-23(18(20)22-12)21-10-13-4-3-5-14(8-13)16-9-15(19)6-7-17(16)24-2/h3-11H,1-2H3,(H2,20,22). The Kier molecular flexibility index (Phi) is 4.29. The van der Waals surface area contributed by atoms with Crippen molar-refractivity contribution in [3.63, 3.8) is 0 Å². The highest BCUT2D eigenvalue weighted by Gasteiger charge is 2.07. The molecule has 2 aromatic carbocycles. The van der Waals surface area contributed by atoms with Crippen LogP contribution in [-0.4, -0.2) is 23.0 Å². The molecule has 0 spiro atoms. The zero-order chi connectivity index (χ0) is 17.1. The summed E-state index contributed by atoms with van der Waals surface area (Å²) in [5.74, 6) is 0.623. The zero-order valence-corrected chi connectivity index (χ0v) is 13.4. The van der Waals surface area contributed by atoms with Gasteiger partial charge in [-0.1, -0.05) is 18.2 Å². The van der Waals surface area contributed by atoms with E-state index in [1.807, 2.05) is 31.2 Å². The number of rotatable bonds is 4. The number of anilines is 1. The van der Waals surface area contributed by atoms with Crippen LogP contribution in [0.15, 0.2) is 53.8 Å². The van der Waals surface area contributed by atoms with Crippen LogP contribution in [0.3, 0.4) is 0 Å². The maximum atomic E-state index is 13.6. The monoisotopic (exact) mass is 324 g/mol. The molecule has 6 heteroatoms. The van der Waals surface area contributed by atoms with Gasteiger partial charge in [0.2, 0.25) is 5.95 Å². The highest BCUT2D eigenvalue weighted by atomic mass is 19.1. The van der Waals surface area contributed by atoms with Crippen LogP contribution in [0.25, 0.3) is 11.1 Å². The Balaban J connectivity index is 1.95. The molecule has 3 aromatic rings. The average molecular weight is 324 g/mol. The Morgan fingerprint density at radius 3 is 2.79 bits per heavy atom. The van der Waals surface area contributed by atoms with E-state index in [0.29, 0.717) is 17.3 Å². The van der Waals surface area contributed by atoms with Gasteiger partial charge in [-0.15, -0.1) is 0 Å². The van der Waals surface area contributed by atoms with Crippen molar-refractivity contribution in [2.75, 3.05) is 12.8 Å². The van der Waals surface area contributed by atoms with Gasteiger partial charge in [0.1, 0.15) is 11.6 Å². The molecule has 1 aromatic heterocycles. The van der Waals surface area contributed by atoms with Crippen LogP contribution in [0.5, 0.6) is 5.75 Å². The molecule has 0 amide bonds. The second-order valence-electron chi connectivity index (χ2n) is 5.30. The quantitative estimate of drug-likeness (QED) is 0.747. The van der Waals surface area contributed by atoms with E-state index in [4.69, 9.17) is 10.5 Å². The lowest BCUT2D eigenvalue weighted by Gasteiger charge is -2.09. The SMILES string of the molecule is COc1ccc(F)cc1-c1cccc(C=Nn2cc(C)nc2N)c1. The number of nitrogens with two attached hydrogens (primary N) is 1. The minimum Gasteiger partial charge on any atom is -0.496 e. The van der Waals surface area contributed by atoms with Crippen LogP contribution in [0, 0.1) is 12.7 Å². The highest BCUT2D eigenvalue weighted by molar-refractivity contribution is 5.83. The van der Waals surface area contributed by atoms with E-state index in [9.17, 15) is 4.39 Å². The number of aryl methyl sites for hydroxylation is 1. The van der Waals surface area contributed by atoms with Crippen molar-refractivity contribution in [3.05, 3.63) is 65.7 Å². The maximum Gasteiger partial charge on any atom is 0.221 e. The highest BCUT2D eigenvalue weighted by Crippen LogP contribution is 2.30. The lowest BCUT2D eigenvalue weighted by atomic mass is 10.0. The van der Waals surface area contributed by atoms with Gasteiger partial charge in [0, 0.05) is 5.56 Å². The lowest BCUT2D eigenvalue weighted by Crippen LogP contribution is -1.97. The maximum absolute atomic E-state index is 13.6. The Morgan fingerprint density at radius 1 is 1.25 bits per heavy atom. The predicted octanol–water partition coefficient (Wildman–Crippen LogP) is 3.47. The molecule has 0 saturated carbocycles. The number of ether oxygens (including phenoxy) is 1. The number of nitrogen functional groups attached to an aromatic ring is 1. The summed E-state index contributed by atoms with van der Waals surface area (Å²) in [6.45, 7) is 1.85. The number of imidazole rings is 1. The molecular weight excluding hydrogens is 307 g/mol. The van der Waals surface area contributed by atoms with Gasteiger partial charge >= 0.3 is 0 Å². The molecule has 0 atom stereocenters. The predicted molar refractivity (Wildman–Crippen MR) is 92.8 cm³/mol. The second-order valence-corrected chi connectivity index (χ2v) is 5.30. The molecule has 0 bridgehead atoms. The fraction of sp³-hybridized carbons (Fsp3) is 0.111. The summed E-state index contributed by atoms with van der Waals surface area (Å²) in [6, 6.07) is 12.0. The fourth-order valence-electron chi connectivity index (χ4n) is 2.42. The van der Waals surface area contributed by atoms with Crippen LogP contribution in [-0.2, 0) is 0 Å². The van der Waals surface area contributed by atoms with Gasteiger partial charge < -0.3 is 10.5 Å². The van der Waals surface area contributed by atoms with E-state index in [-0.39, 0.29) is 5.82 Å².